The van der Waals surface area contributed by atoms with Crippen LogP contribution in [0.25, 0.3) is 0 Å². The molecule has 0 saturated heterocycles. The Morgan fingerprint density at radius 1 is 1.18 bits per heavy atom. The third kappa shape index (κ3) is 1.18. The van der Waals surface area contributed by atoms with Gasteiger partial charge in [0.05, 0.1) is 6.10 Å². The van der Waals surface area contributed by atoms with Crippen molar-refractivity contribution in [2.24, 2.45) is 17.6 Å². The highest BCUT2D eigenvalue weighted by Crippen LogP contribution is 2.41. The van der Waals surface area contributed by atoms with E-state index in [-0.39, 0.29) is 12.1 Å². The summed E-state index contributed by atoms with van der Waals surface area (Å²) < 4.78 is 0. The number of aliphatic hydroxyl groups excluding tert-OH is 1. The molecule has 2 fully saturated rings. The molecule has 2 heteroatoms. The fourth-order valence-corrected chi connectivity index (χ4v) is 2.79. The van der Waals surface area contributed by atoms with Crippen molar-refractivity contribution in [3.8, 4) is 0 Å². The van der Waals surface area contributed by atoms with Gasteiger partial charge in [-0.05, 0) is 24.7 Å². The summed E-state index contributed by atoms with van der Waals surface area (Å²) in [6.45, 7) is 0. The van der Waals surface area contributed by atoms with Crippen molar-refractivity contribution in [1.82, 2.24) is 0 Å². The molecule has 2 saturated carbocycles. The quantitative estimate of drug-likeness (QED) is 0.545. The van der Waals surface area contributed by atoms with Crippen molar-refractivity contribution in [1.29, 1.82) is 0 Å². The highest BCUT2D eigenvalue weighted by Gasteiger charge is 2.40. The molecular formula is C9H17NO. The molecule has 2 rings (SSSR count). The molecule has 0 radical (unpaired) electrons. The zero-order valence-electron chi connectivity index (χ0n) is 6.87. The second-order valence-corrected chi connectivity index (χ2v) is 4.09. The number of hydrogen-bond acceptors (Lipinski definition) is 2. The fraction of sp³-hybridized carbons (Fsp3) is 1.00. The van der Waals surface area contributed by atoms with E-state index in [1.165, 1.54) is 25.7 Å². The second-order valence-electron chi connectivity index (χ2n) is 4.09. The lowest BCUT2D eigenvalue weighted by atomic mass is 9.80. The average molecular weight is 155 g/mol. The van der Waals surface area contributed by atoms with Gasteiger partial charge >= 0.3 is 0 Å². The van der Waals surface area contributed by atoms with E-state index in [4.69, 9.17) is 5.73 Å². The van der Waals surface area contributed by atoms with Crippen LogP contribution in [0.4, 0.5) is 0 Å². The number of hydrogen-bond donors (Lipinski definition) is 2. The fourth-order valence-electron chi connectivity index (χ4n) is 2.79. The number of rotatable bonds is 0. The van der Waals surface area contributed by atoms with Crippen molar-refractivity contribution in [3.05, 3.63) is 0 Å². The first-order chi connectivity index (χ1) is 5.29. The number of nitrogens with two attached hydrogens (primary N) is 1. The van der Waals surface area contributed by atoms with Gasteiger partial charge in [0.2, 0.25) is 0 Å². The van der Waals surface area contributed by atoms with Crippen LogP contribution in [-0.2, 0) is 0 Å². The summed E-state index contributed by atoms with van der Waals surface area (Å²) in [5.41, 5.74) is 5.88. The molecule has 3 N–H and O–H groups in total. The summed E-state index contributed by atoms with van der Waals surface area (Å²) in [7, 11) is 0. The van der Waals surface area contributed by atoms with Gasteiger partial charge in [-0.25, -0.2) is 0 Å². The highest BCUT2D eigenvalue weighted by molar-refractivity contribution is 4.95. The summed E-state index contributed by atoms with van der Waals surface area (Å²) in [6.07, 6.45) is 5.98. The van der Waals surface area contributed by atoms with Gasteiger partial charge in [-0.1, -0.05) is 19.3 Å². The molecule has 2 aliphatic carbocycles. The Balaban J connectivity index is 2.05. The van der Waals surface area contributed by atoms with Crippen molar-refractivity contribution < 1.29 is 5.11 Å². The van der Waals surface area contributed by atoms with Crippen LogP contribution < -0.4 is 5.73 Å². The van der Waals surface area contributed by atoms with Crippen molar-refractivity contribution in [3.63, 3.8) is 0 Å². The normalized spacial score (nSPS) is 50.7. The molecule has 0 bridgehead atoms. The van der Waals surface area contributed by atoms with Gasteiger partial charge in [-0.15, -0.1) is 0 Å². The van der Waals surface area contributed by atoms with Gasteiger partial charge in [-0.3, -0.25) is 0 Å². The van der Waals surface area contributed by atoms with E-state index in [0.29, 0.717) is 5.92 Å². The van der Waals surface area contributed by atoms with Crippen molar-refractivity contribution in [2.45, 2.75) is 44.2 Å². The Labute approximate surface area is 67.8 Å². The first-order valence-electron chi connectivity index (χ1n) is 4.72. The van der Waals surface area contributed by atoms with Gasteiger partial charge in [0.25, 0.3) is 0 Å². The second kappa shape index (κ2) is 2.76. The standard InChI is InChI=1S/C9H17NO/c10-9-7-4-2-1-3-6(7)5-8(9)11/h6-9,11H,1-5,10H2/t6-,7-,8-,9+/m0/s1. The van der Waals surface area contributed by atoms with Crippen LogP contribution in [0.15, 0.2) is 0 Å². The Kier molecular flexibility index (Phi) is 1.90. The lowest BCUT2D eigenvalue weighted by Gasteiger charge is -2.27. The maximum absolute atomic E-state index is 9.50. The molecule has 0 aliphatic heterocycles. The molecule has 0 aromatic carbocycles. The molecule has 0 heterocycles. The molecule has 11 heavy (non-hydrogen) atoms. The number of aliphatic hydroxyl groups is 1. The Bertz CT molecular complexity index is 148. The molecule has 2 aliphatic rings. The zero-order chi connectivity index (χ0) is 7.84. The average Bonchev–Trinajstić information content (AvgIpc) is 2.30. The largest absolute Gasteiger partial charge is 0.391 e. The molecule has 2 nitrogen and oxygen atoms in total. The topological polar surface area (TPSA) is 46.2 Å². The first-order valence-corrected chi connectivity index (χ1v) is 4.72. The molecular weight excluding hydrogens is 138 g/mol. The van der Waals surface area contributed by atoms with E-state index in [1.54, 1.807) is 0 Å². The first kappa shape index (κ1) is 7.56. The maximum atomic E-state index is 9.50. The lowest BCUT2D eigenvalue weighted by molar-refractivity contribution is 0.155. The third-order valence-corrected chi connectivity index (χ3v) is 3.45. The van der Waals surface area contributed by atoms with E-state index in [2.05, 4.69) is 0 Å². The smallest absolute Gasteiger partial charge is 0.0696 e. The third-order valence-electron chi connectivity index (χ3n) is 3.45. The van der Waals surface area contributed by atoms with Crippen LogP contribution in [0.2, 0.25) is 0 Å². The van der Waals surface area contributed by atoms with Crippen molar-refractivity contribution in [2.75, 3.05) is 0 Å². The van der Waals surface area contributed by atoms with Crippen LogP contribution in [0.3, 0.4) is 0 Å². The van der Waals surface area contributed by atoms with E-state index in [0.717, 1.165) is 12.3 Å². The zero-order valence-corrected chi connectivity index (χ0v) is 6.87. The summed E-state index contributed by atoms with van der Waals surface area (Å²) in [5, 5.41) is 9.50. The van der Waals surface area contributed by atoms with E-state index >= 15 is 0 Å². The van der Waals surface area contributed by atoms with E-state index in [1.807, 2.05) is 0 Å². The Hall–Kier alpha value is -0.0800. The predicted molar refractivity (Wildman–Crippen MR) is 44.0 cm³/mol. The van der Waals surface area contributed by atoms with Gasteiger partial charge in [0.1, 0.15) is 0 Å². The van der Waals surface area contributed by atoms with E-state index in [9.17, 15) is 5.11 Å². The molecule has 4 atom stereocenters. The predicted octanol–water partition coefficient (Wildman–Crippen LogP) is 0.885. The van der Waals surface area contributed by atoms with Gasteiger partial charge in [-0.2, -0.15) is 0 Å². The minimum atomic E-state index is -0.205. The Morgan fingerprint density at radius 3 is 2.64 bits per heavy atom. The SMILES string of the molecule is N[C@@H]1[C@H]2CCCC[C@H]2C[C@@H]1O. The van der Waals surface area contributed by atoms with Gasteiger partial charge < -0.3 is 10.8 Å². The van der Waals surface area contributed by atoms with Crippen LogP contribution in [0.5, 0.6) is 0 Å². The molecule has 0 aromatic heterocycles. The minimum absolute atomic E-state index is 0.0836. The molecule has 0 amide bonds. The summed E-state index contributed by atoms with van der Waals surface area (Å²) >= 11 is 0. The summed E-state index contributed by atoms with van der Waals surface area (Å²) in [6, 6.07) is 0.0836. The monoisotopic (exact) mass is 155 g/mol. The van der Waals surface area contributed by atoms with Crippen LogP contribution in [0, 0.1) is 11.8 Å². The van der Waals surface area contributed by atoms with Crippen molar-refractivity contribution >= 4 is 0 Å². The molecule has 0 aromatic rings. The van der Waals surface area contributed by atoms with Gasteiger partial charge in [0, 0.05) is 6.04 Å². The molecule has 0 unspecified atom stereocenters. The van der Waals surface area contributed by atoms with Gasteiger partial charge in [0.15, 0.2) is 0 Å². The Morgan fingerprint density at radius 2 is 1.91 bits per heavy atom. The van der Waals surface area contributed by atoms with Crippen LogP contribution in [0.1, 0.15) is 32.1 Å². The summed E-state index contributed by atoms with van der Waals surface area (Å²) in [4.78, 5) is 0. The molecule has 64 valence electrons. The van der Waals surface area contributed by atoms with Crippen LogP contribution in [-0.4, -0.2) is 17.3 Å². The summed E-state index contributed by atoms with van der Waals surface area (Å²) in [5.74, 6) is 1.38. The van der Waals surface area contributed by atoms with Crippen LogP contribution >= 0.6 is 0 Å². The van der Waals surface area contributed by atoms with E-state index < -0.39 is 0 Å². The lowest BCUT2D eigenvalue weighted by Crippen LogP contribution is -2.36. The highest BCUT2D eigenvalue weighted by atomic mass is 16.3. The molecule has 0 spiro atoms. The number of fused-ring (bicyclic) bond motifs is 1. The maximum Gasteiger partial charge on any atom is 0.0696 e. The minimum Gasteiger partial charge on any atom is -0.391 e.